The van der Waals surface area contributed by atoms with E-state index in [0.717, 1.165) is 10.6 Å². The highest BCUT2D eigenvalue weighted by Gasteiger charge is 2.16. The first kappa shape index (κ1) is 17.8. The Morgan fingerprint density at radius 3 is 2.66 bits per heavy atom. The summed E-state index contributed by atoms with van der Waals surface area (Å²) in [5, 5.41) is 21.5. The molecule has 3 aromatic heterocycles. The summed E-state index contributed by atoms with van der Waals surface area (Å²) in [7, 11) is 0. The highest BCUT2D eigenvalue weighted by molar-refractivity contribution is 7.16. The van der Waals surface area contributed by atoms with Crippen molar-refractivity contribution < 1.29 is 9.13 Å². The van der Waals surface area contributed by atoms with Gasteiger partial charge in [0.05, 0.1) is 5.69 Å². The molecule has 0 unspecified atom stereocenters. The lowest BCUT2D eigenvalue weighted by Gasteiger charge is -2.02. The molecule has 0 bridgehead atoms. The number of rotatable bonds is 5. The second kappa shape index (κ2) is 7.26. The van der Waals surface area contributed by atoms with Gasteiger partial charge in [0, 0.05) is 10.6 Å². The van der Waals surface area contributed by atoms with Gasteiger partial charge in [-0.2, -0.15) is 14.7 Å². The first-order valence-corrected chi connectivity index (χ1v) is 9.76. The third-order valence-corrected chi connectivity index (χ3v) is 5.29. The summed E-state index contributed by atoms with van der Waals surface area (Å²) in [5.74, 6) is 0.951. The SMILES string of the molecule is Fc1ccc(-c2cc(-c3nnc4sc(COc5ccc(Cl)cc5)nn34)[nH]n2)cc1. The predicted molar refractivity (Wildman–Crippen MR) is 107 cm³/mol. The quantitative estimate of drug-likeness (QED) is 0.443. The third kappa shape index (κ3) is 3.57. The van der Waals surface area contributed by atoms with E-state index in [9.17, 15) is 4.39 Å². The molecule has 29 heavy (non-hydrogen) atoms. The van der Waals surface area contributed by atoms with Crippen molar-refractivity contribution >= 4 is 27.9 Å². The number of benzene rings is 2. The van der Waals surface area contributed by atoms with E-state index in [0.29, 0.717) is 39.6 Å². The molecule has 0 aliphatic heterocycles. The van der Waals surface area contributed by atoms with E-state index < -0.39 is 0 Å². The van der Waals surface area contributed by atoms with Gasteiger partial charge in [0.2, 0.25) is 10.8 Å². The van der Waals surface area contributed by atoms with Crippen molar-refractivity contribution in [3.05, 3.63) is 70.4 Å². The number of aromatic amines is 1. The summed E-state index contributed by atoms with van der Waals surface area (Å²) in [6.07, 6.45) is 0. The van der Waals surface area contributed by atoms with Gasteiger partial charge in [-0.25, -0.2) is 4.39 Å². The number of nitrogens with zero attached hydrogens (tertiary/aromatic N) is 5. The van der Waals surface area contributed by atoms with Gasteiger partial charge in [-0.15, -0.1) is 10.2 Å². The Morgan fingerprint density at radius 2 is 1.86 bits per heavy atom. The van der Waals surface area contributed by atoms with E-state index in [4.69, 9.17) is 16.3 Å². The molecule has 5 rings (SSSR count). The van der Waals surface area contributed by atoms with E-state index in [2.05, 4.69) is 25.5 Å². The van der Waals surface area contributed by atoms with Crippen LogP contribution >= 0.6 is 22.9 Å². The van der Waals surface area contributed by atoms with Gasteiger partial charge >= 0.3 is 0 Å². The first-order chi connectivity index (χ1) is 14.2. The minimum absolute atomic E-state index is 0.292. The van der Waals surface area contributed by atoms with E-state index >= 15 is 0 Å². The second-order valence-electron chi connectivity index (χ2n) is 6.13. The largest absolute Gasteiger partial charge is 0.486 e. The van der Waals surface area contributed by atoms with Crippen LogP contribution in [0.15, 0.2) is 54.6 Å². The lowest BCUT2D eigenvalue weighted by molar-refractivity contribution is 0.304. The summed E-state index contributed by atoms with van der Waals surface area (Å²) in [6, 6.07) is 15.1. The zero-order valence-corrected chi connectivity index (χ0v) is 16.3. The molecule has 0 radical (unpaired) electrons. The van der Waals surface area contributed by atoms with Crippen LogP contribution in [0.25, 0.3) is 27.7 Å². The summed E-state index contributed by atoms with van der Waals surface area (Å²) in [5.41, 5.74) is 2.13. The fourth-order valence-corrected chi connectivity index (χ4v) is 3.64. The van der Waals surface area contributed by atoms with Crippen molar-refractivity contribution in [3.63, 3.8) is 0 Å². The monoisotopic (exact) mass is 426 g/mol. The standard InChI is InChI=1S/C19H12ClFN6OS/c20-12-3-7-14(8-4-12)28-10-17-26-27-18(24-25-19(27)29-17)16-9-15(22-23-16)11-1-5-13(21)6-2-11/h1-9H,10H2,(H,22,23). The molecule has 0 aliphatic carbocycles. The fourth-order valence-electron chi connectivity index (χ4n) is 2.76. The lowest BCUT2D eigenvalue weighted by atomic mass is 10.1. The summed E-state index contributed by atoms with van der Waals surface area (Å²) < 4.78 is 20.5. The molecule has 0 saturated heterocycles. The highest BCUT2D eigenvalue weighted by atomic mass is 35.5. The zero-order chi connectivity index (χ0) is 19.8. The van der Waals surface area contributed by atoms with Crippen molar-refractivity contribution in [2.75, 3.05) is 0 Å². The van der Waals surface area contributed by atoms with Crippen molar-refractivity contribution in [1.82, 2.24) is 30.0 Å². The van der Waals surface area contributed by atoms with Gasteiger partial charge in [-0.1, -0.05) is 22.9 Å². The first-order valence-electron chi connectivity index (χ1n) is 8.57. The van der Waals surface area contributed by atoms with Crippen LogP contribution in [-0.4, -0.2) is 30.0 Å². The minimum Gasteiger partial charge on any atom is -0.486 e. The molecule has 1 N–H and O–H groups in total. The zero-order valence-electron chi connectivity index (χ0n) is 14.7. The third-order valence-electron chi connectivity index (χ3n) is 4.17. The number of H-pyrrole nitrogens is 1. The van der Waals surface area contributed by atoms with Gasteiger partial charge in [0.25, 0.3) is 0 Å². The average molecular weight is 427 g/mol. The molecule has 3 heterocycles. The van der Waals surface area contributed by atoms with Crippen LogP contribution in [0, 0.1) is 5.82 Å². The molecule has 10 heteroatoms. The molecule has 5 aromatic rings. The Hall–Kier alpha value is -3.30. The summed E-state index contributed by atoms with van der Waals surface area (Å²) >= 11 is 7.27. The molecule has 2 aromatic carbocycles. The summed E-state index contributed by atoms with van der Waals surface area (Å²) in [6.45, 7) is 0.304. The number of fused-ring (bicyclic) bond motifs is 1. The molecule has 0 atom stereocenters. The normalized spacial score (nSPS) is 11.2. The molecular weight excluding hydrogens is 415 g/mol. The van der Waals surface area contributed by atoms with Crippen LogP contribution in [0.5, 0.6) is 5.75 Å². The Kier molecular flexibility index (Phi) is 4.45. The number of hydrogen-bond donors (Lipinski definition) is 1. The van der Waals surface area contributed by atoms with Gasteiger partial charge in [0.15, 0.2) is 5.01 Å². The van der Waals surface area contributed by atoms with Gasteiger partial charge in [-0.3, -0.25) is 5.10 Å². The predicted octanol–water partition coefficient (Wildman–Crippen LogP) is 4.61. The fraction of sp³-hybridized carbons (Fsp3) is 0.0526. The van der Waals surface area contributed by atoms with Gasteiger partial charge in [-0.05, 0) is 54.6 Å². The Labute approximate surface area is 172 Å². The van der Waals surface area contributed by atoms with Gasteiger partial charge < -0.3 is 4.74 Å². The maximum Gasteiger partial charge on any atom is 0.235 e. The van der Waals surface area contributed by atoms with E-state index in [1.807, 2.05) is 6.07 Å². The van der Waals surface area contributed by atoms with E-state index in [1.54, 1.807) is 40.9 Å². The maximum atomic E-state index is 13.1. The molecule has 0 spiro atoms. The van der Waals surface area contributed by atoms with E-state index in [-0.39, 0.29) is 5.82 Å². The van der Waals surface area contributed by atoms with Crippen LogP contribution in [0.2, 0.25) is 5.02 Å². The Bertz CT molecular complexity index is 1280. The van der Waals surface area contributed by atoms with Gasteiger partial charge in [0.1, 0.15) is 23.9 Å². The van der Waals surface area contributed by atoms with Crippen LogP contribution < -0.4 is 4.74 Å². The topological polar surface area (TPSA) is 81.0 Å². The van der Waals surface area contributed by atoms with Crippen molar-refractivity contribution in [1.29, 1.82) is 0 Å². The Morgan fingerprint density at radius 1 is 1.07 bits per heavy atom. The van der Waals surface area contributed by atoms with Crippen molar-refractivity contribution in [2.45, 2.75) is 6.61 Å². The molecule has 144 valence electrons. The number of nitrogens with one attached hydrogen (secondary N) is 1. The number of hydrogen-bond acceptors (Lipinski definition) is 6. The smallest absolute Gasteiger partial charge is 0.235 e. The van der Waals surface area contributed by atoms with Crippen molar-refractivity contribution in [3.8, 4) is 28.5 Å². The summed E-state index contributed by atoms with van der Waals surface area (Å²) in [4.78, 5) is 0.646. The van der Waals surface area contributed by atoms with Crippen LogP contribution in [0.3, 0.4) is 0 Å². The highest BCUT2D eigenvalue weighted by Crippen LogP contribution is 2.25. The number of halogens is 2. The molecule has 0 aliphatic rings. The van der Waals surface area contributed by atoms with Crippen LogP contribution in [-0.2, 0) is 6.61 Å². The number of ether oxygens (including phenoxy) is 1. The minimum atomic E-state index is -0.292. The molecular formula is C19H12ClFN6OS. The maximum absolute atomic E-state index is 13.1. The Balaban J connectivity index is 1.38. The van der Waals surface area contributed by atoms with Crippen molar-refractivity contribution in [2.24, 2.45) is 0 Å². The molecule has 0 fully saturated rings. The van der Waals surface area contributed by atoms with Crippen LogP contribution in [0.1, 0.15) is 5.01 Å². The van der Waals surface area contributed by atoms with E-state index in [1.165, 1.54) is 23.5 Å². The average Bonchev–Trinajstić information content (AvgIpc) is 3.44. The lowest BCUT2D eigenvalue weighted by Crippen LogP contribution is -1.97. The number of aromatic nitrogens is 6. The molecule has 0 amide bonds. The molecule has 7 nitrogen and oxygen atoms in total. The molecule has 0 saturated carbocycles. The van der Waals surface area contributed by atoms with Crippen LogP contribution in [0.4, 0.5) is 4.39 Å². The second-order valence-corrected chi connectivity index (χ2v) is 7.61.